The Morgan fingerprint density at radius 3 is 1.68 bits per heavy atom. The third kappa shape index (κ3) is 5.78. The van der Waals surface area contributed by atoms with Crippen LogP contribution < -0.4 is 0 Å². The summed E-state index contributed by atoms with van der Waals surface area (Å²) in [5, 5.41) is 18.3. The quantitative estimate of drug-likeness (QED) is 0.514. The van der Waals surface area contributed by atoms with Crippen LogP contribution in [0.1, 0.15) is 43.0 Å². The van der Waals surface area contributed by atoms with Crippen molar-refractivity contribution in [2.45, 2.75) is 39.0 Å². The number of hydrogen-bond donors (Lipinski definition) is 2. The fraction of sp³-hybridized carbons (Fsp3) is 0.375. The van der Waals surface area contributed by atoms with Crippen molar-refractivity contribution in [3.05, 3.63) is 82.4 Å². The predicted molar refractivity (Wildman–Crippen MR) is 111 cm³/mol. The summed E-state index contributed by atoms with van der Waals surface area (Å²) >= 11 is 0. The summed E-state index contributed by atoms with van der Waals surface area (Å²) in [6.07, 6.45) is 2.72. The zero-order chi connectivity index (χ0) is 20.6. The van der Waals surface area contributed by atoms with Crippen LogP contribution in [0.25, 0.3) is 0 Å². The lowest BCUT2D eigenvalue weighted by Gasteiger charge is -2.30. The van der Waals surface area contributed by atoms with Crippen molar-refractivity contribution in [1.29, 1.82) is 0 Å². The van der Waals surface area contributed by atoms with E-state index in [-0.39, 0.29) is 25.8 Å². The molecule has 2 rings (SSSR count). The van der Waals surface area contributed by atoms with Gasteiger partial charge in [-0.3, -0.25) is 0 Å². The molecular formula is C24H30O4. The summed E-state index contributed by atoms with van der Waals surface area (Å²) in [6, 6.07) is 16.1. The first kappa shape index (κ1) is 21.9. The normalized spacial score (nSPS) is 11.2. The van der Waals surface area contributed by atoms with Gasteiger partial charge in [-0.2, -0.15) is 0 Å². The van der Waals surface area contributed by atoms with E-state index in [1.807, 2.05) is 62.4 Å². The fourth-order valence-electron chi connectivity index (χ4n) is 3.16. The lowest BCUT2D eigenvalue weighted by Crippen LogP contribution is -2.31. The van der Waals surface area contributed by atoms with Gasteiger partial charge in [0.2, 0.25) is 0 Å². The Balaban J connectivity index is 2.35. The third-order valence-electron chi connectivity index (χ3n) is 4.89. The van der Waals surface area contributed by atoms with Gasteiger partial charge in [0, 0.05) is 19.3 Å². The Labute approximate surface area is 167 Å². The van der Waals surface area contributed by atoms with Crippen LogP contribution in [0.2, 0.25) is 0 Å². The maximum absolute atomic E-state index is 12.1. The Kier molecular flexibility index (Phi) is 7.97. The number of aliphatic hydroxyl groups is 2. The highest BCUT2D eigenvalue weighted by molar-refractivity contribution is 5.82. The first-order valence-electron chi connectivity index (χ1n) is 9.61. The van der Waals surface area contributed by atoms with Gasteiger partial charge >= 0.3 is 5.97 Å². The number of carbonyl (C=O) groups excluding carboxylic acids is 1. The van der Waals surface area contributed by atoms with E-state index in [9.17, 15) is 4.79 Å². The van der Waals surface area contributed by atoms with Crippen molar-refractivity contribution in [3.63, 3.8) is 0 Å². The van der Waals surface area contributed by atoms with Crippen molar-refractivity contribution in [1.82, 2.24) is 0 Å². The summed E-state index contributed by atoms with van der Waals surface area (Å²) in [5.41, 5.74) is 4.58. The first-order chi connectivity index (χ1) is 13.4. The minimum absolute atomic E-state index is 0.114. The number of rotatable bonds is 9. The van der Waals surface area contributed by atoms with E-state index >= 15 is 0 Å². The summed E-state index contributed by atoms with van der Waals surface area (Å²) in [4.78, 5) is 12.1. The number of allylic oxidation sites excluding steroid dienone is 1. The van der Waals surface area contributed by atoms with Gasteiger partial charge in [0.1, 0.15) is 6.61 Å². The van der Waals surface area contributed by atoms with Gasteiger partial charge in [0.25, 0.3) is 0 Å². The summed E-state index contributed by atoms with van der Waals surface area (Å²) < 4.78 is 5.59. The van der Waals surface area contributed by atoms with Gasteiger partial charge in [-0.25, -0.2) is 4.79 Å². The standard InChI is InChI=1S/C24H30O4/c1-18(2)16-23(27)28-17-24(3,21-8-4-19(5-9-21)12-14-25)22-10-6-20(7-11-22)13-15-26/h4-11,16,25-26H,12-15,17H2,1-3H3. The van der Waals surface area contributed by atoms with Crippen LogP contribution in [0, 0.1) is 0 Å². The summed E-state index contributed by atoms with van der Waals surface area (Å²) in [7, 11) is 0. The highest BCUT2D eigenvalue weighted by atomic mass is 16.5. The zero-order valence-corrected chi connectivity index (χ0v) is 16.9. The molecule has 0 saturated heterocycles. The molecule has 28 heavy (non-hydrogen) atoms. The molecule has 0 unspecified atom stereocenters. The summed E-state index contributed by atoms with van der Waals surface area (Å²) in [5.74, 6) is -0.347. The van der Waals surface area contributed by atoms with Crippen LogP contribution in [0.4, 0.5) is 0 Å². The number of carbonyl (C=O) groups is 1. The number of aliphatic hydroxyl groups excluding tert-OH is 2. The maximum Gasteiger partial charge on any atom is 0.330 e. The van der Waals surface area contributed by atoms with Gasteiger partial charge in [0.15, 0.2) is 0 Å². The fourth-order valence-corrected chi connectivity index (χ4v) is 3.16. The molecule has 0 heterocycles. The molecule has 0 aromatic heterocycles. The van der Waals surface area contributed by atoms with Crippen LogP contribution >= 0.6 is 0 Å². The minimum atomic E-state index is -0.513. The molecule has 4 heteroatoms. The number of ether oxygens (including phenoxy) is 1. The number of hydrogen-bond acceptors (Lipinski definition) is 4. The van der Waals surface area contributed by atoms with Crippen LogP contribution in [0.15, 0.2) is 60.2 Å². The monoisotopic (exact) mass is 382 g/mol. The molecule has 150 valence electrons. The predicted octanol–water partition coefficient (Wildman–Crippen LogP) is 3.57. The molecule has 2 aromatic carbocycles. The van der Waals surface area contributed by atoms with Gasteiger partial charge in [0.05, 0.1) is 5.41 Å². The average Bonchev–Trinajstić information content (AvgIpc) is 2.67. The molecule has 0 radical (unpaired) electrons. The molecule has 2 aromatic rings. The molecule has 0 spiro atoms. The van der Waals surface area contributed by atoms with E-state index in [4.69, 9.17) is 14.9 Å². The molecule has 4 nitrogen and oxygen atoms in total. The van der Waals surface area contributed by atoms with Gasteiger partial charge < -0.3 is 14.9 Å². The van der Waals surface area contributed by atoms with E-state index in [0.717, 1.165) is 27.8 Å². The second kappa shape index (κ2) is 10.2. The molecule has 0 aliphatic carbocycles. The molecule has 0 aliphatic heterocycles. The van der Waals surface area contributed by atoms with Gasteiger partial charge in [-0.15, -0.1) is 0 Å². The van der Waals surface area contributed by atoms with Crippen molar-refractivity contribution in [2.75, 3.05) is 19.8 Å². The van der Waals surface area contributed by atoms with E-state index in [1.54, 1.807) is 0 Å². The lowest BCUT2D eigenvalue weighted by molar-refractivity contribution is -0.139. The van der Waals surface area contributed by atoms with Crippen molar-refractivity contribution in [2.24, 2.45) is 0 Å². The van der Waals surface area contributed by atoms with E-state index in [2.05, 4.69) is 6.92 Å². The Morgan fingerprint density at radius 2 is 1.32 bits per heavy atom. The molecule has 0 fully saturated rings. The summed E-state index contributed by atoms with van der Waals surface area (Å²) in [6.45, 7) is 6.23. The highest BCUT2D eigenvalue weighted by Crippen LogP contribution is 2.33. The smallest absolute Gasteiger partial charge is 0.330 e. The van der Waals surface area contributed by atoms with E-state index < -0.39 is 5.41 Å². The van der Waals surface area contributed by atoms with Gasteiger partial charge in [-0.05, 0) is 55.9 Å². The van der Waals surface area contributed by atoms with Crippen LogP contribution in [-0.4, -0.2) is 36.0 Å². The first-order valence-corrected chi connectivity index (χ1v) is 9.61. The largest absolute Gasteiger partial charge is 0.461 e. The lowest BCUT2D eigenvalue weighted by atomic mass is 9.76. The van der Waals surface area contributed by atoms with Gasteiger partial charge in [-0.1, -0.05) is 54.1 Å². The molecule has 0 saturated carbocycles. The third-order valence-corrected chi connectivity index (χ3v) is 4.89. The van der Waals surface area contributed by atoms with E-state index in [0.29, 0.717) is 12.8 Å². The zero-order valence-electron chi connectivity index (χ0n) is 16.9. The number of esters is 1. The molecular weight excluding hydrogens is 352 g/mol. The van der Waals surface area contributed by atoms with Crippen LogP contribution in [-0.2, 0) is 27.8 Å². The molecule has 0 atom stereocenters. The average molecular weight is 383 g/mol. The highest BCUT2D eigenvalue weighted by Gasteiger charge is 2.30. The van der Waals surface area contributed by atoms with Crippen molar-refractivity contribution in [3.8, 4) is 0 Å². The minimum Gasteiger partial charge on any atom is -0.461 e. The molecule has 0 amide bonds. The second-order valence-corrected chi connectivity index (χ2v) is 7.50. The Hall–Kier alpha value is -2.43. The molecule has 0 bridgehead atoms. The number of benzene rings is 2. The van der Waals surface area contributed by atoms with Crippen LogP contribution in [0.3, 0.4) is 0 Å². The molecule has 0 aliphatic rings. The Morgan fingerprint density at radius 1 is 0.893 bits per heavy atom. The second-order valence-electron chi connectivity index (χ2n) is 7.50. The Bertz CT molecular complexity index is 735. The van der Waals surface area contributed by atoms with E-state index in [1.165, 1.54) is 6.08 Å². The molecule has 2 N–H and O–H groups in total. The van der Waals surface area contributed by atoms with Crippen molar-refractivity contribution < 1.29 is 19.7 Å². The van der Waals surface area contributed by atoms with Crippen LogP contribution in [0.5, 0.6) is 0 Å². The topological polar surface area (TPSA) is 66.8 Å². The van der Waals surface area contributed by atoms with Crippen molar-refractivity contribution >= 4 is 5.97 Å². The maximum atomic E-state index is 12.1. The SMILES string of the molecule is CC(C)=CC(=O)OCC(C)(c1ccc(CCO)cc1)c1ccc(CCO)cc1.